The predicted octanol–water partition coefficient (Wildman–Crippen LogP) is 13.6. The Morgan fingerprint density at radius 3 is 1.84 bits per heavy atom. The van der Waals surface area contributed by atoms with Crippen molar-refractivity contribution in [3.63, 3.8) is 0 Å². The molecule has 1 unspecified atom stereocenters. The standard InChI is InChI=1S/C49H31NS/c1-2-20-41-37(16-1)44-30-35(50-45-23-6-3-17-38(45)39-18-4-7-24-46(39)50)26-27-42(44)48(41)34-15-10-13-32(29-34)31-12-9-14-33(28-31)36-21-11-22-43-40-19-5-8-25-47(40)51-49(36)43/h1-30,48H. The van der Waals surface area contributed by atoms with Gasteiger partial charge in [-0.2, -0.15) is 0 Å². The molecule has 11 rings (SSSR count). The Kier molecular flexibility index (Phi) is 6.25. The summed E-state index contributed by atoms with van der Waals surface area (Å²) >= 11 is 1.89. The topological polar surface area (TPSA) is 4.93 Å². The molecule has 0 radical (unpaired) electrons. The number of rotatable bonds is 4. The van der Waals surface area contributed by atoms with Crippen LogP contribution >= 0.6 is 11.3 Å². The van der Waals surface area contributed by atoms with Gasteiger partial charge in [-0.3, -0.25) is 0 Å². The number of para-hydroxylation sites is 2. The first kappa shape index (κ1) is 28.6. The van der Waals surface area contributed by atoms with Gasteiger partial charge < -0.3 is 4.57 Å². The molecule has 51 heavy (non-hydrogen) atoms. The van der Waals surface area contributed by atoms with Crippen molar-refractivity contribution in [1.29, 1.82) is 0 Å². The van der Waals surface area contributed by atoms with E-state index in [4.69, 9.17) is 0 Å². The Balaban J connectivity index is 1.02. The summed E-state index contributed by atoms with van der Waals surface area (Å²) in [4.78, 5) is 0. The van der Waals surface area contributed by atoms with Crippen LogP contribution in [0.25, 0.3) is 81.0 Å². The molecule has 1 aliphatic rings. The average Bonchev–Trinajstić information content (AvgIpc) is 3.86. The highest BCUT2D eigenvalue weighted by atomic mass is 32.1. The SMILES string of the molecule is c1cc(-c2cccc(C3c4ccccc4-c4cc(-n5c6ccccc6c6ccccc65)ccc43)c2)cc(-c2cccc3c2sc2ccccc23)c1. The van der Waals surface area contributed by atoms with E-state index in [2.05, 4.69) is 187 Å². The van der Waals surface area contributed by atoms with Crippen molar-refractivity contribution >= 4 is 53.3 Å². The highest BCUT2D eigenvalue weighted by Crippen LogP contribution is 2.49. The van der Waals surface area contributed by atoms with Gasteiger partial charge in [0.05, 0.1) is 11.0 Å². The second-order valence-electron chi connectivity index (χ2n) is 13.6. The lowest BCUT2D eigenvalue weighted by Gasteiger charge is -2.17. The summed E-state index contributed by atoms with van der Waals surface area (Å²) in [6.45, 7) is 0. The first-order valence-electron chi connectivity index (χ1n) is 17.6. The quantitative estimate of drug-likeness (QED) is 0.176. The van der Waals surface area contributed by atoms with Gasteiger partial charge in [-0.25, -0.2) is 0 Å². The molecule has 0 saturated carbocycles. The van der Waals surface area contributed by atoms with Crippen molar-refractivity contribution in [3.05, 3.63) is 199 Å². The highest BCUT2D eigenvalue weighted by Gasteiger charge is 2.30. The Hall–Kier alpha value is -6.22. The summed E-state index contributed by atoms with van der Waals surface area (Å²) in [5.74, 6) is 0.166. The molecule has 2 aromatic heterocycles. The first-order valence-corrected chi connectivity index (χ1v) is 18.4. The lowest BCUT2D eigenvalue weighted by molar-refractivity contribution is 1.01. The van der Waals surface area contributed by atoms with Crippen LogP contribution in [0.2, 0.25) is 0 Å². The lowest BCUT2D eigenvalue weighted by atomic mass is 9.87. The second kappa shape index (κ2) is 11.1. The molecule has 0 spiro atoms. The molecule has 0 saturated heterocycles. The second-order valence-corrected chi connectivity index (χ2v) is 14.7. The summed E-state index contributed by atoms with van der Waals surface area (Å²) in [6.07, 6.45) is 0. The number of aromatic nitrogens is 1. The normalized spacial score (nSPS) is 13.7. The van der Waals surface area contributed by atoms with Crippen molar-refractivity contribution in [3.8, 4) is 39.1 Å². The van der Waals surface area contributed by atoms with E-state index in [0.29, 0.717) is 0 Å². The summed E-state index contributed by atoms with van der Waals surface area (Å²) < 4.78 is 5.11. The van der Waals surface area contributed by atoms with E-state index in [1.807, 2.05) is 11.3 Å². The van der Waals surface area contributed by atoms with Gasteiger partial charge in [-0.15, -0.1) is 11.3 Å². The summed E-state index contributed by atoms with van der Waals surface area (Å²) in [6, 6.07) is 67.4. The van der Waals surface area contributed by atoms with Crippen LogP contribution in [0.3, 0.4) is 0 Å². The van der Waals surface area contributed by atoms with Crippen molar-refractivity contribution in [2.45, 2.75) is 5.92 Å². The Morgan fingerprint density at radius 1 is 0.392 bits per heavy atom. The molecule has 0 N–H and O–H groups in total. The molecule has 0 aliphatic heterocycles. The highest BCUT2D eigenvalue weighted by molar-refractivity contribution is 7.26. The number of nitrogens with zero attached hydrogens (tertiary/aromatic N) is 1. The molecule has 2 heteroatoms. The van der Waals surface area contributed by atoms with E-state index in [1.165, 1.54) is 97.7 Å². The molecular weight excluding hydrogens is 635 g/mol. The van der Waals surface area contributed by atoms with Crippen LogP contribution in [0.5, 0.6) is 0 Å². The molecule has 8 aromatic carbocycles. The van der Waals surface area contributed by atoms with E-state index in [0.717, 1.165) is 0 Å². The molecule has 0 amide bonds. The number of hydrogen-bond acceptors (Lipinski definition) is 1. The van der Waals surface area contributed by atoms with Gasteiger partial charge in [0.1, 0.15) is 0 Å². The zero-order valence-corrected chi connectivity index (χ0v) is 28.6. The monoisotopic (exact) mass is 665 g/mol. The zero-order valence-electron chi connectivity index (χ0n) is 27.8. The zero-order chi connectivity index (χ0) is 33.5. The van der Waals surface area contributed by atoms with Gasteiger partial charge in [0.2, 0.25) is 0 Å². The third kappa shape index (κ3) is 4.33. The molecule has 0 bridgehead atoms. The first-order chi connectivity index (χ1) is 25.3. The molecule has 1 aliphatic carbocycles. The summed E-state index contributed by atoms with van der Waals surface area (Å²) in [5.41, 5.74) is 15.4. The van der Waals surface area contributed by atoms with Crippen LogP contribution in [-0.2, 0) is 0 Å². The van der Waals surface area contributed by atoms with Crippen molar-refractivity contribution in [1.82, 2.24) is 4.57 Å². The largest absolute Gasteiger partial charge is 0.309 e. The van der Waals surface area contributed by atoms with E-state index >= 15 is 0 Å². The van der Waals surface area contributed by atoms with E-state index in [-0.39, 0.29) is 5.92 Å². The predicted molar refractivity (Wildman–Crippen MR) is 217 cm³/mol. The summed E-state index contributed by atoms with van der Waals surface area (Å²) in [7, 11) is 0. The molecule has 1 nitrogen and oxygen atoms in total. The van der Waals surface area contributed by atoms with E-state index in [1.54, 1.807) is 0 Å². The minimum atomic E-state index is 0.166. The minimum Gasteiger partial charge on any atom is -0.309 e. The van der Waals surface area contributed by atoms with Crippen molar-refractivity contribution < 1.29 is 0 Å². The number of fused-ring (bicyclic) bond motifs is 9. The number of hydrogen-bond donors (Lipinski definition) is 0. The van der Waals surface area contributed by atoms with Gasteiger partial charge >= 0.3 is 0 Å². The molecular formula is C49H31NS. The third-order valence-corrected chi connectivity index (χ3v) is 12.1. The van der Waals surface area contributed by atoms with E-state index in [9.17, 15) is 0 Å². The van der Waals surface area contributed by atoms with Crippen LogP contribution < -0.4 is 0 Å². The maximum atomic E-state index is 2.42. The van der Waals surface area contributed by atoms with Gasteiger partial charge in [0.25, 0.3) is 0 Å². The smallest absolute Gasteiger partial charge is 0.0541 e. The van der Waals surface area contributed by atoms with Crippen LogP contribution in [0, 0.1) is 0 Å². The summed E-state index contributed by atoms with van der Waals surface area (Å²) in [5, 5.41) is 5.24. The van der Waals surface area contributed by atoms with Gasteiger partial charge in [0, 0.05) is 42.6 Å². The number of benzene rings is 8. The third-order valence-electron chi connectivity index (χ3n) is 10.9. The molecule has 2 heterocycles. The van der Waals surface area contributed by atoms with Crippen LogP contribution in [-0.4, -0.2) is 4.57 Å². The minimum absolute atomic E-state index is 0.166. The Bertz CT molecular complexity index is 2940. The van der Waals surface area contributed by atoms with Crippen LogP contribution in [0.4, 0.5) is 0 Å². The van der Waals surface area contributed by atoms with Gasteiger partial charge in [-0.05, 0) is 86.5 Å². The Morgan fingerprint density at radius 2 is 1.00 bits per heavy atom. The van der Waals surface area contributed by atoms with Crippen molar-refractivity contribution in [2.75, 3.05) is 0 Å². The fourth-order valence-corrected chi connectivity index (χ4v) is 9.87. The average molecular weight is 666 g/mol. The molecule has 1 atom stereocenters. The maximum absolute atomic E-state index is 2.42. The lowest BCUT2D eigenvalue weighted by Crippen LogP contribution is -2.00. The maximum Gasteiger partial charge on any atom is 0.0541 e. The fourth-order valence-electron chi connectivity index (χ4n) is 8.63. The molecule has 0 fully saturated rings. The Labute approximate surface area is 300 Å². The van der Waals surface area contributed by atoms with Gasteiger partial charge in [-0.1, -0.05) is 146 Å². The van der Waals surface area contributed by atoms with E-state index < -0.39 is 0 Å². The van der Waals surface area contributed by atoms with Crippen LogP contribution in [0.1, 0.15) is 22.6 Å². The van der Waals surface area contributed by atoms with Gasteiger partial charge in [0.15, 0.2) is 0 Å². The fraction of sp³-hybridized carbons (Fsp3) is 0.0204. The molecule has 10 aromatic rings. The van der Waals surface area contributed by atoms with Crippen molar-refractivity contribution in [2.24, 2.45) is 0 Å². The molecule has 238 valence electrons. The number of thiophene rings is 1. The van der Waals surface area contributed by atoms with Crippen LogP contribution in [0.15, 0.2) is 182 Å².